The number of amides is 3. The molecule has 0 aliphatic carbocycles. The van der Waals surface area contributed by atoms with Gasteiger partial charge >= 0.3 is 5.97 Å². The Morgan fingerprint density at radius 3 is 2.37 bits per heavy atom. The van der Waals surface area contributed by atoms with Gasteiger partial charge in [-0.15, -0.1) is 0 Å². The molecule has 1 unspecified atom stereocenters. The zero-order chi connectivity index (χ0) is 28.0. The second kappa shape index (κ2) is 12.5. The summed E-state index contributed by atoms with van der Waals surface area (Å²) in [6.45, 7) is 6.37. The Morgan fingerprint density at radius 2 is 1.74 bits per heavy atom. The number of cyclic esters (lactones) is 1. The van der Waals surface area contributed by atoms with Crippen molar-refractivity contribution in [3.8, 4) is 5.75 Å². The van der Waals surface area contributed by atoms with E-state index in [0.29, 0.717) is 0 Å². The van der Waals surface area contributed by atoms with Crippen LogP contribution in [-0.2, 0) is 25.5 Å². The van der Waals surface area contributed by atoms with E-state index in [-0.39, 0.29) is 17.9 Å². The first-order valence-electron chi connectivity index (χ1n) is 12.5. The summed E-state index contributed by atoms with van der Waals surface area (Å²) in [6, 6.07) is 8.58. The number of aromatic nitrogens is 1. The molecule has 0 bridgehead atoms. The molecule has 0 saturated carbocycles. The van der Waals surface area contributed by atoms with Crippen molar-refractivity contribution in [1.29, 1.82) is 0 Å². The Kier molecular flexibility index (Phi) is 9.40. The number of esters is 1. The minimum absolute atomic E-state index is 0.182. The molecule has 2 aromatic rings. The minimum atomic E-state index is -1.37. The molecular formula is C27H34N4O7. The van der Waals surface area contributed by atoms with Crippen LogP contribution in [0, 0.1) is 11.8 Å². The van der Waals surface area contributed by atoms with Crippen molar-refractivity contribution in [3.63, 3.8) is 0 Å². The van der Waals surface area contributed by atoms with Crippen molar-refractivity contribution in [3.05, 3.63) is 59.9 Å². The van der Waals surface area contributed by atoms with Gasteiger partial charge in [-0.1, -0.05) is 44.2 Å². The fourth-order valence-electron chi connectivity index (χ4n) is 4.20. The number of rotatable bonds is 5. The molecule has 1 saturated heterocycles. The summed E-state index contributed by atoms with van der Waals surface area (Å²) in [5.41, 5.74) is 0.498. The van der Waals surface area contributed by atoms with Crippen molar-refractivity contribution in [1.82, 2.24) is 20.9 Å². The summed E-state index contributed by atoms with van der Waals surface area (Å²) in [4.78, 5) is 56.3. The third kappa shape index (κ3) is 6.86. The minimum Gasteiger partial charge on any atom is -0.505 e. The van der Waals surface area contributed by atoms with Crippen LogP contribution >= 0.6 is 0 Å². The third-order valence-corrected chi connectivity index (χ3v) is 6.47. The number of nitrogens with one attached hydrogen (secondary N) is 3. The van der Waals surface area contributed by atoms with Crippen molar-refractivity contribution in [2.24, 2.45) is 11.8 Å². The lowest BCUT2D eigenvalue weighted by Gasteiger charge is -2.34. The SMILES string of the molecule is CC(C)C1OC(=O)[C@H](C)[C@H](O)[C@H](Cc2ccccc2)NC(=O)[C@@H](NC(=O)c2ncccc2O)[C@@H](C)NC1=O. The Labute approximate surface area is 221 Å². The van der Waals surface area contributed by atoms with E-state index in [1.165, 1.54) is 32.2 Å². The number of hydrogen-bond acceptors (Lipinski definition) is 8. The zero-order valence-electron chi connectivity index (χ0n) is 21.8. The smallest absolute Gasteiger partial charge is 0.312 e. The molecule has 204 valence electrons. The Balaban J connectivity index is 1.99. The molecule has 3 rings (SSSR count). The Morgan fingerprint density at radius 1 is 1.05 bits per heavy atom. The lowest BCUT2D eigenvalue weighted by Crippen LogP contribution is -2.62. The van der Waals surface area contributed by atoms with Gasteiger partial charge < -0.3 is 30.9 Å². The van der Waals surface area contributed by atoms with E-state index in [2.05, 4.69) is 20.9 Å². The number of aromatic hydroxyl groups is 1. The predicted molar refractivity (Wildman–Crippen MR) is 137 cm³/mol. The lowest BCUT2D eigenvalue weighted by molar-refractivity contribution is -0.166. The maximum absolute atomic E-state index is 13.6. The maximum atomic E-state index is 13.6. The molecule has 1 aromatic heterocycles. The average molecular weight is 527 g/mol. The first-order valence-corrected chi connectivity index (χ1v) is 12.5. The summed E-state index contributed by atoms with van der Waals surface area (Å²) < 4.78 is 5.50. The number of aliphatic hydroxyl groups is 1. The molecule has 11 nitrogen and oxygen atoms in total. The summed E-state index contributed by atoms with van der Waals surface area (Å²) in [6.07, 6.45) is -1.06. The summed E-state index contributed by atoms with van der Waals surface area (Å²) >= 11 is 0. The van der Waals surface area contributed by atoms with Crippen LogP contribution in [0.3, 0.4) is 0 Å². The summed E-state index contributed by atoms with van der Waals surface area (Å²) in [5.74, 6) is -4.84. The molecule has 1 aliphatic rings. The highest BCUT2D eigenvalue weighted by Gasteiger charge is 2.39. The van der Waals surface area contributed by atoms with Gasteiger partial charge in [-0.25, -0.2) is 4.98 Å². The van der Waals surface area contributed by atoms with Gasteiger partial charge in [0.05, 0.1) is 24.1 Å². The van der Waals surface area contributed by atoms with Gasteiger partial charge in [0.1, 0.15) is 11.8 Å². The van der Waals surface area contributed by atoms with Crippen LogP contribution in [-0.4, -0.2) is 69.2 Å². The van der Waals surface area contributed by atoms with E-state index in [1.807, 2.05) is 30.3 Å². The molecule has 38 heavy (non-hydrogen) atoms. The van der Waals surface area contributed by atoms with Gasteiger partial charge in [0.25, 0.3) is 11.8 Å². The quantitative estimate of drug-likeness (QED) is 0.355. The molecule has 1 aromatic carbocycles. The Bertz CT molecular complexity index is 1160. The predicted octanol–water partition coefficient (Wildman–Crippen LogP) is 0.696. The monoisotopic (exact) mass is 526 g/mol. The highest BCUT2D eigenvalue weighted by Crippen LogP contribution is 2.19. The molecule has 5 N–H and O–H groups in total. The summed E-state index contributed by atoms with van der Waals surface area (Å²) in [5, 5.41) is 29.1. The van der Waals surface area contributed by atoms with Crippen LogP contribution in [0.5, 0.6) is 5.75 Å². The van der Waals surface area contributed by atoms with Crippen LogP contribution in [0.4, 0.5) is 0 Å². The Hall–Kier alpha value is -3.99. The fraction of sp³-hybridized carbons (Fsp3) is 0.444. The molecule has 2 heterocycles. The molecule has 11 heteroatoms. The number of nitrogens with zero attached hydrogens (tertiary/aromatic N) is 1. The van der Waals surface area contributed by atoms with Gasteiger partial charge in [0.2, 0.25) is 5.91 Å². The highest BCUT2D eigenvalue weighted by molar-refractivity contribution is 5.98. The standard InChI is InChI=1S/C27H34N4O7/c1-14(2)23-26(36)29-16(4)20(31-25(35)21-19(32)11-8-12-28-21)24(34)30-18(13-17-9-6-5-7-10-17)22(33)15(3)27(37)38-23/h5-12,14-16,18,20,22-23,32-33H,13H2,1-4H3,(H,29,36)(H,30,34)(H,31,35)/t15-,16-,18+,20+,22+,23?/m1/s1. The third-order valence-electron chi connectivity index (χ3n) is 6.47. The van der Waals surface area contributed by atoms with E-state index in [1.54, 1.807) is 13.8 Å². The van der Waals surface area contributed by atoms with Crippen LogP contribution in [0.2, 0.25) is 0 Å². The first-order chi connectivity index (χ1) is 18.0. The van der Waals surface area contributed by atoms with Crippen LogP contribution < -0.4 is 16.0 Å². The number of hydrogen-bond donors (Lipinski definition) is 5. The van der Waals surface area contributed by atoms with Gasteiger partial charge in [0, 0.05) is 6.20 Å². The lowest BCUT2D eigenvalue weighted by atomic mass is 9.92. The highest BCUT2D eigenvalue weighted by atomic mass is 16.5. The van der Waals surface area contributed by atoms with E-state index >= 15 is 0 Å². The van der Waals surface area contributed by atoms with Gasteiger partial charge in [0.15, 0.2) is 11.8 Å². The van der Waals surface area contributed by atoms with E-state index in [9.17, 15) is 29.4 Å². The molecule has 1 aliphatic heterocycles. The number of pyridine rings is 1. The van der Waals surface area contributed by atoms with E-state index < -0.39 is 65.9 Å². The second-order valence-electron chi connectivity index (χ2n) is 9.81. The van der Waals surface area contributed by atoms with Crippen LogP contribution in [0.25, 0.3) is 0 Å². The van der Waals surface area contributed by atoms with Crippen molar-refractivity contribution >= 4 is 23.7 Å². The number of carbonyl (C=O) groups is 4. The second-order valence-corrected chi connectivity index (χ2v) is 9.81. The van der Waals surface area contributed by atoms with Crippen molar-refractivity contribution in [2.45, 2.75) is 64.4 Å². The molecule has 1 fully saturated rings. The molecular weight excluding hydrogens is 492 g/mol. The fourth-order valence-corrected chi connectivity index (χ4v) is 4.20. The molecule has 6 atom stereocenters. The average Bonchev–Trinajstić information content (AvgIpc) is 2.88. The van der Waals surface area contributed by atoms with Gasteiger partial charge in [-0.2, -0.15) is 0 Å². The van der Waals surface area contributed by atoms with Crippen molar-refractivity contribution in [2.75, 3.05) is 0 Å². The van der Waals surface area contributed by atoms with E-state index in [0.717, 1.165) is 5.56 Å². The topological polar surface area (TPSA) is 167 Å². The zero-order valence-corrected chi connectivity index (χ0v) is 21.8. The molecule has 3 amide bonds. The largest absolute Gasteiger partial charge is 0.505 e. The number of ether oxygens (including phenoxy) is 1. The maximum Gasteiger partial charge on any atom is 0.312 e. The molecule has 0 radical (unpaired) electrons. The van der Waals surface area contributed by atoms with Gasteiger partial charge in [-0.05, 0) is 43.9 Å². The summed E-state index contributed by atoms with van der Waals surface area (Å²) in [7, 11) is 0. The number of benzene rings is 1. The number of carbonyl (C=O) groups excluding carboxylic acids is 4. The molecule has 0 spiro atoms. The van der Waals surface area contributed by atoms with E-state index in [4.69, 9.17) is 4.74 Å². The normalized spacial score (nSPS) is 26.8. The van der Waals surface area contributed by atoms with Crippen LogP contribution in [0.15, 0.2) is 48.7 Å². The van der Waals surface area contributed by atoms with Gasteiger partial charge in [-0.3, -0.25) is 19.2 Å². The first kappa shape index (κ1) is 28.6. The number of aliphatic hydroxyl groups excluding tert-OH is 1. The van der Waals surface area contributed by atoms with Crippen molar-refractivity contribution < 1.29 is 34.1 Å². The van der Waals surface area contributed by atoms with Crippen LogP contribution in [0.1, 0.15) is 43.7 Å².